The van der Waals surface area contributed by atoms with Crippen LogP contribution in [0.3, 0.4) is 0 Å². The largest absolute Gasteiger partial charge is 0.314 e. The summed E-state index contributed by atoms with van der Waals surface area (Å²) in [4.78, 5) is 1.06. The predicted molar refractivity (Wildman–Crippen MR) is 84.3 cm³/mol. The Morgan fingerprint density at radius 2 is 2.10 bits per heavy atom. The van der Waals surface area contributed by atoms with Crippen LogP contribution in [0.15, 0.2) is 10.3 Å². The first kappa shape index (κ1) is 16.2. The summed E-state index contributed by atoms with van der Waals surface area (Å²) in [5.41, 5.74) is 0.883. The van der Waals surface area contributed by atoms with Crippen LogP contribution in [0.5, 0.6) is 0 Å². The van der Waals surface area contributed by atoms with Crippen LogP contribution in [-0.4, -0.2) is 38.4 Å². The minimum absolute atomic E-state index is 0. The second-order valence-corrected chi connectivity index (χ2v) is 8.98. The highest BCUT2D eigenvalue weighted by molar-refractivity contribution is 7.91. The third-order valence-corrected chi connectivity index (χ3v) is 7.82. The van der Waals surface area contributed by atoms with Gasteiger partial charge in [-0.2, -0.15) is 4.31 Å². The summed E-state index contributed by atoms with van der Waals surface area (Å²) in [6, 6.07) is 2.49. The number of nitrogens with zero attached hydrogens (tertiary/aromatic N) is 1. The summed E-state index contributed by atoms with van der Waals surface area (Å²) in [5.74, 6) is 0.491. The van der Waals surface area contributed by atoms with Crippen molar-refractivity contribution in [3.8, 4) is 0 Å². The Balaban J connectivity index is 0.00000147. The van der Waals surface area contributed by atoms with Gasteiger partial charge in [-0.05, 0) is 50.8 Å². The molecule has 0 amide bonds. The molecule has 7 heteroatoms. The van der Waals surface area contributed by atoms with E-state index in [1.54, 1.807) is 4.31 Å². The summed E-state index contributed by atoms with van der Waals surface area (Å²) in [5, 5.41) is 3.47. The first-order valence-electron chi connectivity index (χ1n) is 6.79. The average Bonchev–Trinajstić information content (AvgIpc) is 2.94. The maximum Gasteiger partial charge on any atom is 0.252 e. The van der Waals surface area contributed by atoms with Gasteiger partial charge < -0.3 is 5.32 Å². The fourth-order valence-electron chi connectivity index (χ4n) is 3.23. The molecule has 4 nitrogen and oxygen atoms in total. The second kappa shape index (κ2) is 5.93. The number of nitrogens with one attached hydrogen (secondary N) is 1. The highest BCUT2D eigenvalue weighted by atomic mass is 35.5. The van der Waals surface area contributed by atoms with Gasteiger partial charge in [-0.15, -0.1) is 23.7 Å². The number of thiophene rings is 1. The molecular formula is C13H21ClN2O2S2. The zero-order valence-electron chi connectivity index (χ0n) is 11.8. The van der Waals surface area contributed by atoms with E-state index < -0.39 is 10.0 Å². The van der Waals surface area contributed by atoms with Gasteiger partial charge in [0.15, 0.2) is 0 Å². The number of fused-ring (bicyclic) bond motifs is 1. The zero-order chi connectivity index (χ0) is 13.6. The molecule has 0 bridgehead atoms. The zero-order valence-corrected chi connectivity index (χ0v) is 14.2. The monoisotopic (exact) mass is 336 g/mol. The molecule has 3 heterocycles. The summed E-state index contributed by atoms with van der Waals surface area (Å²) >= 11 is 1.39. The molecule has 1 aromatic rings. The quantitative estimate of drug-likeness (QED) is 0.900. The normalized spacial score (nSPS) is 27.1. The lowest BCUT2D eigenvalue weighted by atomic mass is 9.95. The maximum atomic E-state index is 12.7. The third-order valence-electron chi connectivity index (χ3n) is 4.19. The molecule has 2 fully saturated rings. The van der Waals surface area contributed by atoms with Crippen LogP contribution >= 0.6 is 23.7 Å². The fraction of sp³-hybridized carbons (Fsp3) is 0.692. The highest BCUT2D eigenvalue weighted by Gasteiger charge is 2.38. The van der Waals surface area contributed by atoms with Crippen LogP contribution in [0.1, 0.15) is 23.3 Å². The molecule has 3 rings (SSSR count). The average molecular weight is 337 g/mol. The summed E-state index contributed by atoms with van der Waals surface area (Å²) in [6.07, 6.45) is 2.03. The van der Waals surface area contributed by atoms with Gasteiger partial charge in [-0.25, -0.2) is 8.42 Å². The van der Waals surface area contributed by atoms with Crippen molar-refractivity contribution in [3.05, 3.63) is 16.5 Å². The Morgan fingerprint density at radius 1 is 1.35 bits per heavy atom. The van der Waals surface area contributed by atoms with Crippen molar-refractivity contribution >= 4 is 33.8 Å². The van der Waals surface area contributed by atoms with Gasteiger partial charge in [0.25, 0.3) is 10.0 Å². The topological polar surface area (TPSA) is 49.4 Å². The van der Waals surface area contributed by atoms with Gasteiger partial charge in [-0.3, -0.25) is 0 Å². The van der Waals surface area contributed by atoms with Crippen molar-refractivity contribution in [1.29, 1.82) is 0 Å². The molecule has 2 aliphatic heterocycles. The molecule has 0 spiro atoms. The van der Waals surface area contributed by atoms with Crippen LogP contribution in [0, 0.1) is 19.8 Å². The van der Waals surface area contributed by atoms with E-state index >= 15 is 0 Å². The van der Waals surface area contributed by atoms with Gasteiger partial charge in [0.05, 0.1) is 0 Å². The van der Waals surface area contributed by atoms with E-state index in [1.165, 1.54) is 11.3 Å². The smallest absolute Gasteiger partial charge is 0.252 e. The van der Waals surface area contributed by atoms with E-state index in [0.717, 1.165) is 29.8 Å². The van der Waals surface area contributed by atoms with Gasteiger partial charge >= 0.3 is 0 Å². The van der Waals surface area contributed by atoms with Crippen LogP contribution in [-0.2, 0) is 10.0 Å². The SMILES string of the molecule is Cc1cc(C)c(S(=O)(=O)N2CCC3NCCC3C2)s1.Cl. The molecular weight excluding hydrogens is 316 g/mol. The number of rotatable bonds is 2. The molecule has 20 heavy (non-hydrogen) atoms. The first-order valence-corrected chi connectivity index (χ1v) is 9.04. The molecule has 114 valence electrons. The molecule has 1 N–H and O–H groups in total. The summed E-state index contributed by atoms with van der Waals surface area (Å²) in [6.45, 7) is 6.20. The third kappa shape index (κ3) is 2.76. The molecule has 2 unspecified atom stereocenters. The molecule has 0 saturated carbocycles. The number of hydrogen-bond acceptors (Lipinski definition) is 4. The predicted octanol–water partition coefficient (Wildman–Crippen LogP) is 2.16. The number of piperidine rings is 1. The van der Waals surface area contributed by atoms with Crippen LogP contribution in [0.25, 0.3) is 0 Å². The summed E-state index contributed by atoms with van der Waals surface area (Å²) in [7, 11) is -3.29. The van der Waals surface area contributed by atoms with Crippen molar-refractivity contribution in [2.75, 3.05) is 19.6 Å². The Hall–Kier alpha value is -0.140. The summed E-state index contributed by atoms with van der Waals surface area (Å²) < 4.78 is 27.7. The van der Waals surface area contributed by atoms with Gasteiger partial charge in [-0.1, -0.05) is 0 Å². The van der Waals surface area contributed by atoms with E-state index in [4.69, 9.17) is 0 Å². The lowest BCUT2D eigenvalue weighted by Gasteiger charge is -2.33. The lowest BCUT2D eigenvalue weighted by molar-refractivity contribution is 0.247. The van der Waals surface area contributed by atoms with Crippen molar-refractivity contribution in [1.82, 2.24) is 9.62 Å². The number of hydrogen-bond donors (Lipinski definition) is 1. The maximum absolute atomic E-state index is 12.7. The molecule has 2 aliphatic rings. The van der Waals surface area contributed by atoms with Crippen LogP contribution < -0.4 is 5.32 Å². The van der Waals surface area contributed by atoms with Crippen molar-refractivity contribution in [3.63, 3.8) is 0 Å². The van der Waals surface area contributed by atoms with E-state index in [2.05, 4.69) is 5.32 Å². The molecule has 0 radical (unpaired) electrons. The molecule has 1 aromatic heterocycles. The van der Waals surface area contributed by atoms with Crippen LogP contribution in [0.2, 0.25) is 0 Å². The number of halogens is 1. The molecule has 0 aromatic carbocycles. The Morgan fingerprint density at radius 3 is 2.75 bits per heavy atom. The Kier molecular flexibility index (Phi) is 4.81. The van der Waals surface area contributed by atoms with Gasteiger partial charge in [0, 0.05) is 24.0 Å². The standard InChI is InChI=1S/C13H20N2O2S2.ClH/c1-9-7-10(2)18-13(9)19(16,17)15-6-4-12-11(8-15)3-5-14-12;/h7,11-12,14H,3-6,8H2,1-2H3;1H. The highest BCUT2D eigenvalue weighted by Crippen LogP contribution is 2.33. The molecule has 0 aliphatic carbocycles. The minimum atomic E-state index is -3.29. The molecule has 2 saturated heterocycles. The van der Waals surface area contributed by atoms with E-state index in [1.807, 2.05) is 19.9 Å². The Labute approximate surface area is 131 Å². The number of sulfonamides is 1. The number of aryl methyl sites for hydroxylation is 2. The van der Waals surface area contributed by atoms with E-state index in [0.29, 0.717) is 29.3 Å². The minimum Gasteiger partial charge on any atom is -0.314 e. The van der Waals surface area contributed by atoms with Crippen molar-refractivity contribution in [2.45, 2.75) is 36.9 Å². The second-order valence-electron chi connectivity index (χ2n) is 5.59. The van der Waals surface area contributed by atoms with E-state index in [-0.39, 0.29) is 12.4 Å². The first-order chi connectivity index (χ1) is 8.98. The van der Waals surface area contributed by atoms with Crippen molar-refractivity contribution in [2.24, 2.45) is 5.92 Å². The van der Waals surface area contributed by atoms with E-state index in [9.17, 15) is 8.42 Å². The van der Waals surface area contributed by atoms with Gasteiger partial charge in [0.2, 0.25) is 0 Å². The lowest BCUT2D eigenvalue weighted by Crippen LogP contribution is -2.46. The van der Waals surface area contributed by atoms with Crippen LogP contribution in [0.4, 0.5) is 0 Å². The fourth-order valence-corrected chi connectivity index (χ4v) is 6.54. The van der Waals surface area contributed by atoms with Gasteiger partial charge in [0.1, 0.15) is 4.21 Å². The van der Waals surface area contributed by atoms with Crippen molar-refractivity contribution < 1.29 is 8.42 Å². The molecule has 2 atom stereocenters. The Bertz CT molecular complexity index is 585.